The number of fused-ring (bicyclic) bond motifs is 1. The highest BCUT2D eigenvalue weighted by Gasteiger charge is 2.07. The summed E-state index contributed by atoms with van der Waals surface area (Å²) in [6.07, 6.45) is 1.38. The van der Waals surface area contributed by atoms with Crippen LogP contribution in [0.15, 0.2) is 47.4 Å². The van der Waals surface area contributed by atoms with Crippen molar-refractivity contribution in [3.63, 3.8) is 0 Å². The Balaban J connectivity index is 2.37. The molecule has 2 heterocycles. The van der Waals surface area contributed by atoms with Crippen LogP contribution in [-0.2, 0) is 0 Å². The Bertz CT molecular complexity index is 854. The van der Waals surface area contributed by atoms with E-state index in [9.17, 15) is 9.90 Å². The number of aliphatic hydroxyl groups is 1. The molecule has 0 bridgehead atoms. The lowest BCUT2D eigenvalue weighted by atomic mass is 10.1. The summed E-state index contributed by atoms with van der Waals surface area (Å²) in [5, 5.41) is 14.4. The smallest absolute Gasteiger partial charge is 0.285 e. The van der Waals surface area contributed by atoms with Gasteiger partial charge >= 0.3 is 0 Å². The summed E-state index contributed by atoms with van der Waals surface area (Å²) >= 11 is 0. The second-order valence-corrected chi connectivity index (χ2v) is 4.25. The van der Waals surface area contributed by atoms with Gasteiger partial charge in [-0.05, 0) is 6.92 Å². The normalized spacial score (nSPS) is 12.7. The van der Waals surface area contributed by atoms with Crippen molar-refractivity contribution in [2.45, 2.75) is 6.92 Å². The van der Waals surface area contributed by atoms with E-state index < -0.39 is 0 Å². The van der Waals surface area contributed by atoms with Crippen LogP contribution in [0.2, 0.25) is 0 Å². The molecule has 94 valence electrons. The minimum atomic E-state index is -0.376. The summed E-state index contributed by atoms with van der Waals surface area (Å²) in [5.41, 5.74) is 1.39. The summed E-state index contributed by atoms with van der Waals surface area (Å²) < 4.78 is 1.20. The van der Waals surface area contributed by atoms with E-state index in [0.717, 1.165) is 0 Å². The molecule has 0 saturated carbocycles. The predicted octanol–water partition coefficient (Wildman–Crippen LogP) is 0.831. The average molecular weight is 253 g/mol. The zero-order valence-electron chi connectivity index (χ0n) is 10.2. The summed E-state index contributed by atoms with van der Waals surface area (Å²) in [5.74, 6) is -0.0897. The molecule has 3 aromatic rings. The Labute approximate surface area is 108 Å². The largest absolute Gasteiger partial charge is 0.506 e. The van der Waals surface area contributed by atoms with E-state index >= 15 is 0 Å². The summed E-state index contributed by atoms with van der Waals surface area (Å²) in [6.45, 7) is 1.79. The van der Waals surface area contributed by atoms with E-state index in [1.54, 1.807) is 37.3 Å². The number of nitrogens with zero attached hydrogens (tertiary/aromatic N) is 3. The molecular formula is C14H11N3O2. The third-order valence-electron chi connectivity index (χ3n) is 2.86. The highest BCUT2D eigenvalue weighted by molar-refractivity contribution is 5.57. The molecule has 0 fully saturated rings. The molecule has 0 aliphatic heterocycles. The summed E-state index contributed by atoms with van der Waals surface area (Å²) in [4.78, 5) is 16.4. The molecule has 3 rings (SSSR count). The maximum Gasteiger partial charge on any atom is 0.285 e. The number of aryl methyl sites for hydroxylation is 1. The number of benzene rings is 1. The molecule has 19 heavy (non-hydrogen) atoms. The molecule has 2 aromatic heterocycles. The fourth-order valence-electron chi connectivity index (χ4n) is 1.94. The summed E-state index contributed by atoms with van der Waals surface area (Å²) in [7, 11) is 0. The van der Waals surface area contributed by atoms with Gasteiger partial charge in [-0.15, -0.1) is 0 Å². The summed E-state index contributed by atoms with van der Waals surface area (Å²) in [6, 6.07) is 10.6. The fraction of sp³-hybridized carbons (Fsp3) is 0.0714. The molecule has 0 atom stereocenters. The van der Waals surface area contributed by atoms with E-state index in [2.05, 4.69) is 10.1 Å². The molecule has 0 spiro atoms. The second kappa shape index (κ2) is 4.20. The first-order valence-electron chi connectivity index (χ1n) is 5.81. The zero-order chi connectivity index (χ0) is 13.4. The third kappa shape index (κ3) is 1.85. The van der Waals surface area contributed by atoms with Gasteiger partial charge < -0.3 is 5.11 Å². The van der Waals surface area contributed by atoms with Crippen molar-refractivity contribution in [3.05, 3.63) is 69.4 Å². The van der Waals surface area contributed by atoms with E-state index in [0.29, 0.717) is 16.9 Å². The van der Waals surface area contributed by atoms with Crippen LogP contribution in [0, 0.1) is 6.92 Å². The van der Waals surface area contributed by atoms with Gasteiger partial charge in [0.05, 0.1) is 5.69 Å². The van der Waals surface area contributed by atoms with Gasteiger partial charge in [-0.1, -0.05) is 30.3 Å². The Kier molecular flexibility index (Phi) is 2.52. The minimum Gasteiger partial charge on any atom is -0.506 e. The van der Waals surface area contributed by atoms with Crippen LogP contribution in [0.5, 0.6) is 0 Å². The van der Waals surface area contributed by atoms with Crippen LogP contribution in [0.25, 0.3) is 11.4 Å². The van der Waals surface area contributed by atoms with Gasteiger partial charge in [0.2, 0.25) is 0 Å². The Morgan fingerprint density at radius 3 is 2.74 bits per heavy atom. The average Bonchev–Trinajstić information content (AvgIpc) is 2.81. The van der Waals surface area contributed by atoms with Crippen molar-refractivity contribution in [2.75, 3.05) is 0 Å². The van der Waals surface area contributed by atoms with Crippen molar-refractivity contribution in [3.8, 4) is 0 Å². The second-order valence-electron chi connectivity index (χ2n) is 4.25. The van der Waals surface area contributed by atoms with E-state index in [4.69, 9.17) is 0 Å². The molecule has 0 aliphatic carbocycles. The first-order valence-corrected chi connectivity index (χ1v) is 5.81. The van der Waals surface area contributed by atoms with Gasteiger partial charge in [-0.2, -0.15) is 9.61 Å². The van der Waals surface area contributed by atoms with Gasteiger partial charge in [0.15, 0.2) is 5.65 Å². The van der Waals surface area contributed by atoms with E-state index in [-0.39, 0.29) is 16.5 Å². The van der Waals surface area contributed by atoms with Crippen LogP contribution in [0.1, 0.15) is 11.3 Å². The van der Waals surface area contributed by atoms with Crippen LogP contribution < -0.4 is 10.8 Å². The van der Waals surface area contributed by atoms with Crippen molar-refractivity contribution in [2.24, 2.45) is 0 Å². The zero-order valence-corrected chi connectivity index (χ0v) is 10.2. The van der Waals surface area contributed by atoms with Gasteiger partial charge in [-0.25, -0.2) is 4.98 Å². The molecule has 5 nitrogen and oxygen atoms in total. The standard InChI is InChI=1S/C14H11N3O2/c1-9-7-12-15-8-11(14(19)17(12)16-9)13(18)10-5-3-2-4-6-10/h2-8,18H,1H3/b13-11+. The highest BCUT2D eigenvalue weighted by atomic mass is 16.3. The lowest BCUT2D eigenvalue weighted by Crippen LogP contribution is -2.34. The Morgan fingerprint density at radius 2 is 2.00 bits per heavy atom. The van der Waals surface area contributed by atoms with Crippen molar-refractivity contribution in [1.82, 2.24) is 14.6 Å². The molecule has 1 aromatic carbocycles. The van der Waals surface area contributed by atoms with Crippen LogP contribution in [-0.4, -0.2) is 19.7 Å². The Hall–Kier alpha value is -2.69. The lowest BCUT2D eigenvalue weighted by molar-refractivity contribution is 0.506. The van der Waals surface area contributed by atoms with Crippen molar-refractivity contribution in [1.29, 1.82) is 0 Å². The third-order valence-corrected chi connectivity index (χ3v) is 2.86. The molecule has 0 radical (unpaired) electrons. The number of aromatic nitrogens is 3. The maximum atomic E-state index is 12.2. The number of rotatable bonds is 1. The molecule has 0 amide bonds. The SMILES string of the molecule is Cc1cc2nc/c(=C(\O)c3ccccc3)c(=O)n2n1. The molecule has 1 N–H and O–H groups in total. The predicted molar refractivity (Wildman–Crippen MR) is 70.8 cm³/mol. The number of hydrogen-bond donors (Lipinski definition) is 1. The quantitative estimate of drug-likeness (QED) is 0.697. The Morgan fingerprint density at radius 1 is 1.26 bits per heavy atom. The number of aliphatic hydroxyl groups excluding tert-OH is 1. The van der Waals surface area contributed by atoms with Gasteiger partial charge in [0.1, 0.15) is 11.0 Å². The van der Waals surface area contributed by atoms with Crippen LogP contribution in [0.4, 0.5) is 0 Å². The van der Waals surface area contributed by atoms with Gasteiger partial charge in [-0.3, -0.25) is 4.79 Å². The van der Waals surface area contributed by atoms with Crippen LogP contribution in [0.3, 0.4) is 0 Å². The first kappa shape index (κ1) is 11.4. The van der Waals surface area contributed by atoms with Gasteiger partial charge in [0, 0.05) is 17.8 Å². The first-order chi connectivity index (χ1) is 9.16. The highest BCUT2D eigenvalue weighted by Crippen LogP contribution is 2.06. The monoisotopic (exact) mass is 253 g/mol. The molecule has 0 unspecified atom stereocenters. The van der Waals surface area contributed by atoms with Gasteiger partial charge in [0.25, 0.3) is 5.56 Å². The molecule has 0 saturated heterocycles. The van der Waals surface area contributed by atoms with E-state index in [1.165, 1.54) is 10.7 Å². The number of hydrogen-bond acceptors (Lipinski definition) is 4. The fourth-order valence-corrected chi connectivity index (χ4v) is 1.94. The maximum absolute atomic E-state index is 12.2. The minimum absolute atomic E-state index is 0.0897. The van der Waals surface area contributed by atoms with Crippen molar-refractivity contribution >= 4 is 11.4 Å². The van der Waals surface area contributed by atoms with E-state index in [1.807, 2.05) is 6.07 Å². The topological polar surface area (TPSA) is 67.5 Å². The molecule has 5 heteroatoms. The van der Waals surface area contributed by atoms with Crippen molar-refractivity contribution < 1.29 is 5.11 Å². The van der Waals surface area contributed by atoms with Crippen LogP contribution >= 0.6 is 0 Å². The molecule has 0 aliphatic rings. The lowest BCUT2D eigenvalue weighted by Gasteiger charge is -1.99. The molecular weight excluding hydrogens is 242 g/mol.